The summed E-state index contributed by atoms with van der Waals surface area (Å²) in [6, 6.07) is 0.440. The molecule has 17 heavy (non-hydrogen) atoms. The van der Waals surface area contributed by atoms with Gasteiger partial charge >= 0.3 is 5.97 Å². The van der Waals surface area contributed by atoms with Crippen molar-refractivity contribution >= 4 is 5.97 Å². The van der Waals surface area contributed by atoms with Gasteiger partial charge in [0.15, 0.2) is 0 Å². The summed E-state index contributed by atoms with van der Waals surface area (Å²) in [6.07, 6.45) is 3.50. The SMILES string of the molecule is CC1(C)CC2CC(C)(CN2C(C)(C)C(=O)O)C1. The summed E-state index contributed by atoms with van der Waals surface area (Å²) in [7, 11) is 0. The standard InChI is InChI=1S/C14H25NO2/c1-12(2)6-10-7-14(5,8-12)9-15(10)13(3,4)11(16)17/h10H,6-9H2,1-5H3,(H,16,17). The van der Waals surface area contributed by atoms with E-state index in [9.17, 15) is 9.90 Å². The smallest absolute Gasteiger partial charge is 0.323 e. The summed E-state index contributed by atoms with van der Waals surface area (Å²) in [6.45, 7) is 11.6. The van der Waals surface area contributed by atoms with E-state index in [2.05, 4.69) is 25.7 Å². The molecule has 1 saturated heterocycles. The Kier molecular flexibility index (Phi) is 2.63. The van der Waals surface area contributed by atoms with Crippen molar-refractivity contribution in [2.75, 3.05) is 6.54 Å². The van der Waals surface area contributed by atoms with Crippen LogP contribution in [0.1, 0.15) is 53.9 Å². The molecule has 2 rings (SSSR count). The number of carboxylic acids is 1. The molecule has 2 bridgehead atoms. The largest absolute Gasteiger partial charge is 0.480 e. The van der Waals surface area contributed by atoms with Gasteiger partial charge in [0, 0.05) is 12.6 Å². The van der Waals surface area contributed by atoms with Gasteiger partial charge in [0.1, 0.15) is 5.54 Å². The number of hydrogen-bond donors (Lipinski definition) is 1. The van der Waals surface area contributed by atoms with Gasteiger partial charge in [-0.1, -0.05) is 20.8 Å². The number of rotatable bonds is 2. The molecule has 3 heteroatoms. The van der Waals surface area contributed by atoms with Gasteiger partial charge in [-0.05, 0) is 43.9 Å². The van der Waals surface area contributed by atoms with E-state index < -0.39 is 11.5 Å². The molecule has 2 fully saturated rings. The number of carboxylic acid groups (broad SMARTS) is 1. The molecule has 1 saturated carbocycles. The van der Waals surface area contributed by atoms with Crippen molar-refractivity contribution < 1.29 is 9.90 Å². The minimum atomic E-state index is -0.733. The Labute approximate surface area is 104 Å². The zero-order valence-electron chi connectivity index (χ0n) is 11.7. The van der Waals surface area contributed by atoms with Crippen LogP contribution in [0, 0.1) is 10.8 Å². The predicted octanol–water partition coefficient (Wildman–Crippen LogP) is 2.75. The average Bonchev–Trinajstić information content (AvgIpc) is 2.34. The lowest BCUT2D eigenvalue weighted by atomic mass is 9.65. The number of hydrogen-bond acceptors (Lipinski definition) is 2. The molecule has 1 aliphatic heterocycles. The van der Waals surface area contributed by atoms with Crippen LogP contribution < -0.4 is 0 Å². The van der Waals surface area contributed by atoms with Crippen molar-refractivity contribution in [1.29, 1.82) is 0 Å². The summed E-state index contributed by atoms with van der Waals surface area (Å²) in [5.74, 6) is -0.702. The third-order valence-corrected chi connectivity index (χ3v) is 4.66. The lowest BCUT2D eigenvalue weighted by molar-refractivity contribution is -0.150. The van der Waals surface area contributed by atoms with Crippen LogP contribution in [0.25, 0.3) is 0 Å². The zero-order valence-corrected chi connectivity index (χ0v) is 11.7. The number of nitrogens with zero attached hydrogens (tertiary/aromatic N) is 1. The molecule has 1 N–H and O–H groups in total. The van der Waals surface area contributed by atoms with E-state index in [1.165, 1.54) is 6.42 Å². The van der Waals surface area contributed by atoms with Crippen LogP contribution in [0.5, 0.6) is 0 Å². The molecule has 0 spiro atoms. The fraction of sp³-hybridized carbons (Fsp3) is 0.929. The first kappa shape index (κ1) is 12.9. The highest BCUT2D eigenvalue weighted by Gasteiger charge is 2.54. The van der Waals surface area contributed by atoms with Gasteiger partial charge in [0.2, 0.25) is 0 Å². The van der Waals surface area contributed by atoms with Gasteiger partial charge in [-0.15, -0.1) is 0 Å². The van der Waals surface area contributed by atoms with Crippen LogP contribution in [-0.4, -0.2) is 34.1 Å². The normalized spacial score (nSPS) is 37.1. The second kappa shape index (κ2) is 3.47. The number of likely N-dealkylation sites (tertiary alicyclic amines) is 1. The van der Waals surface area contributed by atoms with Crippen LogP contribution in [-0.2, 0) is 4.79 Å². The molecule has 0 aromatic carbocycles. The van der Waals surface area contributed by atoms with E-state index in [4.69, 9.17) is 0 Å². The maximum atomic E-state index is 11.4. The van der Waals surface area contributed by atoms with Crippen LogP contribution in [0.15, 0.2) is 0 Å². The van der Waals surface area contributed by atoms with Gasteiger partial charge in [-0.25, -0.2) is 0 Å². The van der Waals surface area contributed by atoms with E-state index in [1.54, 1.807) is 0 Å². The summed E-state index contributed by atoms with van der Waals surface area (Å²) in [4.78, 5) is 13.6. The lowest BCUT2D eigenvalue weighted by Gasteiger charge is -2.41. The van der Waals surface area contributed by atoms with Crippen molar-refractivity contribution in [3.8, 4) is 0 Å². The molecule has 1 aliphatic carbocycles. The average molecular weight is 239 g/mol. The van der Waals surface area contributed by atoms with Crippen LogP contribution in [0.2, 0.25) is 0 Å². The molecule has 2 unspecified atom stereocenters. The fourth-order valence-electron chi connectivity index (χ4n) is 4.24. The molecule has 0 aromatic rings. The van der Waals surface area contributed by atoms with Gasteiger partial charge in [-0.2, -0.15) is 0 Å². The van der Waals surface area contributed by atoms with Crippen molar-refractivity contribution in [2.24, 2.45) is 10.8 Å². The van der Waals surface area contributed by atoms with E-state index in [0.29, 0.717) is 16.9 Å². The number of carbonyl (C=O) groups is 1. The Balaban J connectivity index is 2.28. The molecule has 3 nitrogen and oxygen atoms in total. The van der Waals surface area contributed by atoms with Crippen molar-refractivity contribution in [2.45, 2.75) is 65.5 Å². The van der Waals surface area contributed by atoms with Gasteiger partial charge in [-0.3, -0.25) is 9.69 Å². The molecular weight excluding hydrogens is 214 g/mol. The maximum Gasteiger partial charge on any atom is 0.323 e. The third-order valence-electron chi connectivity index (χ3n) is 4.66. The molecule has 2 atom stereocenters. The van der Waals surface area contributed by atoms with Gasteiger partial charge < -0.3 is 5.11 Å². The molecule has 2 aliphatic rings. The van der Waals surface area contributed by atoms with Gasteiger partial charge in [0.05, 0.1) is 0 Å². The molecule has 98 valence electrons. The molecular formula is C14H25NO2. The van der Waals surface area contributed by atoms with Gasteiger partial charge in [0.25, 0.3) is 0 Å². The predicted molar refractivity (Wildman–Crippen MR) is 67.9 cm³/mol. The summed E-state index contributed by atoms with van der Waals surface area (Å²) >= 11 is 0. The van der Waals surface area contributed by atoms with Crippen molar-refractivity contribution in [1.82, 2.24) is 4.90 Å². The van der Waals surface area contributed by atoms with Crippen molar-refractivity contribution in [3.63, 3.8) is 0 Å². The van der Waals surface area contributed by atoms with E-state index in [0.717, 1.165) is 19.4 Å². The Morgan fingerprint density at radius 2 is 1.88 bits per heavy atom. The third kappa shape index (κ3) is 2.10. The monoisotopic (exact) mass is 239 g/mol. The topological polar surface area (TPSA) is 40.5 Å². The first-order valence-corrected chi connectivity index (χ1v) is 6.56. The second-order valence-corrected chi connectivity index (χ2v) is 7.71. The van der Waals surface area contributed by atoms with Crippen LogP contribution in [0.4, 0.5) is 0 Å². The molecule has 0 aromatic heterocycles. The summed E-state index contributed by atoms with van der Waals surface area (Å²) < 4.78 is 0. The molecule has 1 heterocycles. The minimum Gasteiger partial charge on any atom is -0.480 e. The lowest BCUT2D eigenvalue weighted by Crippen LogP contribution is -2.52. The summed E-state index contributed by atoms with van der Waals surface area (Å²) in [5, 5.41) is 9.39. The van der Waals surface area contributed by atoms with E-state index >= 15 is 0 Å². The van der Waals surface area contributed by atoms with Crippen LogP contribution >= 0.6 is 0 Å². The number of aliphatic carboxylic acids is 1. The quantitative estimate of drug-likeness (QED) is 0.805. The fourth-order valence-corrected chi connectivity index (χ4v) is 4.24. The van der Waals surface area contributed by atoms with Crippen molar-refractivity contribution in [3.05, 3.63) is 0 Å². The second-order valence-electron chi connectivity index (χ2n) is 7.71. The highest BCUT2D eigenvalue weighted by Crippen LogP contribution is 2.54. The highest BCUT2D eigenvalue weighted by molar-refractivity contribution is 5.77. The minimum absolute atomic E-state index is 0.305. The first-order chi connectivity index (χ1) is 7.56. The zero-order chi connectivity index (χ0) is 13.1. The number of fused-ring (bicyclic) bond motifs is 2. The molecule has 0 radical (unpaired) electrons. The molecule has 0 amide bonds. The Morgan fingerprint density at radius 3 is 2.41 bits per heavy atom. The Morgan fingerprint density at radius 1 is 1.29 bits per heavy atom. The maximum absolute atomic E-state index is 11.4. The highest BCUT2D eigenvalue weighted by atomic mass is 16.4. The van der Waals surface area contributed by atoms with Crippen LogP contribution in [0.3, 0.4) is 0 Å². The summed E-state index contributed by atoms with van der Waals surface area (Å²) in [5.41, 5.74) is -0.0804. The first-order valence-electron chi connectivity index (χ1n) is 6.56. The van der Waals surface area contributed by atoms with E-state index in [-0.39, 0.29) is 0 Å². The Bertz CT molecular complexity index is 348. The van der Waals surface area contributed by atoms with E-state index in [1.807, 2.05) is 13.8 Å². The Hall–Kier alpha value is -0.570.